The lowest BCUT2D eigenvalue weighted by Gasteiger charge is -2.12. The molecular weight excluding hydrogens is 216 g/mol. The zero-order chi connectivity index (χ0) is 12.3. The van der Waals surface area contributed by atoms with Gasteiger partial charge in [0.25, 0.3) is 0 Å². The molecule has 0 amide bonds. The molecular formula is C11H18N6. The highest BCUT2D eigenvalue weighted by atomic mass is 15.3. The van der Waals surface area contributed by atoms with Crippen LogP contribution in [0.15, 0.2) is 18.7 Å². The molecule has 1 unspecified atom stereocenters. The molecule has 0 aliphatic heterocycles. The maximum absolute atomic E-state index is 4.28. The Kier molecular flexibility index (Phi) is 3.53. The molecule has 2 rings (SSSR count). The van der Waals surface area contributed by atoms with Crippen LogP contribution >= 0.6 is 0 Å². The van der Waals surface area contributed by atoms with Crippen molar-refractivity contribution in [2.75, 3.05) is 6.54 Å². The minimum Gasteiger partial charge on any atom is -0.338 e. The zero-order valence-corrected chi connectivity index (χ0v) is 10.5. The number of hydrogen-bond donors (Lipinski definition) is 1. The van der Waals surface area contributed by atoms with E-state index < -0.39 is 0 Å². The Balaban J connectivity index is 1.83. The molecule has 1 atom stereocenters. The van der Waals surface area contributed by atoms with Crippen LogP contribution in [0.3, 0.4) is 0 Å². The summed E-state index contributed by atoms with van der Waals surface area (Å²) in [4.78, 5) is 4.28. The van der Waals surface area contributed by atoms with E-state index in [1.54, 1.807) is 6.33 Å². The van der Waals surface area contributed by atoms with E-state index in [1.165, 1.54) is 0 Å². The van der Waals surface area contributed by atoms with E-state index in [-0.39, 0.29) is 6.04 Å². The quantitative estimate of drug-likeness (QED) is 0.815. The Morgan fingerprint density at radius 1 is 1.35 bits per heavy atom. The minimum absolute atomic E-state index is 0.197. The standard InChI is InChI=1S/C11H18N6/c1-9(11-15-14-8-17(11)3)12-5-4-10-13-6-7-16(10)2/h6-9,12H,4-5H2,1-3H3. The molecule has 2 aromatic heterocycles. The molecule has 0 saturated carbocycles. The Labute approximate surface area is 101 Å². The van der Waals surface area contributed by atoms with Gasteiger partial charge < -0.3 is 14.5 Å². The molecule has 0 fully saturated rings. The van der Waals surface area contributed by atoms with Gasteiger partial charge in [0.05, 0.1) is 6.04 Å². The first kappa shape index (κ1) is 11.8. The third-order valence-electron chi connectivity index (χ3n) is 2.85. The van der Waals surface area contributed by atoms with Crippen LogP contribution in [-0.4, -0.2) is 30.9 Å². The van der Waals surface area contributed by atoms with Crippen molar-refractivity contribution >= 4 is 0 Å². The van der Waals surface area contributed by atoms with Gasteiger partial charge in [0, 0.05) is 39.5 Å². The summed E-state index contributed by atoms with van der Waals surface area (Å²) in [5.74, 6) is 2.03. The van der Waals surface area contributed by atoms with Gasteiger partial charge in [-0.15, -0.1) is 10.2 Å². The Morgan fingerprint density at radius 3 is 2.76 bits per heavy atom. The number of nitrogens with one attached hydrogen (secondary N) is 1. The zero-order valence-electron chi connectivity index (χ0n) is 10.5. The summed E-state index contributed by atoms with van der Waals surface area (Å²) >= 11 is 0. The molecule has 1 N–H and O–H groups in total. The molecule has 6 heteroatoms. The summed E-state index contributed by atoms with van der Waals surface area (Å²) in [7, 11) is 3.96. The lowest BCUT2D eigenvalue weighted by Crippen LogP contribution is -2.24. The summed E-state index contributed by atoms with van der Waals surface area (Å²) in [6.07, 6.45) is 6.40. The first-order valence-electron chi connectivity index (χ1n) is 5.72. The highest BCUT2D eigenvalue weighted by molar-refractivity contribution is 4.94. The van der Waals surface area contributed by atoms with Gasteiger partial charge in [0.15, 0.2) is 0 Å². The highest BCUT2D eigenvalue weighted by Gasteiger charge is 2.10. The van der Waals surface area contributed by atoms with E-state index in [1.807, 2.05) is 35.6 Å². The topological polar surface area (TPSA) is 60.6 Å². The Hall–Kier alpha value is -1.69. The molecule has 0 saturated heterocycles. The average Bonchev–Trinajstić information content (AvgIpc) is 2.88. The van der Waals surface area contributed by atoms with Gasteiger partial charge in [-0.25, -0.2) is 4.98 Å². The lowest BCUT2D eigenvalue weighted by molar-refractivity contribution is 0.524. The monoisotopic (exact) mass is 234 g/mol. The van der Waals surface area contributed by atoms with Crippen molar-refractivity contribution < 1.29 is 0 Å². The number of nitrogens with zero attached hydrogens (tertiary/aromatic N) is 5. The van der Waals surface area contributed by atoms with Crippen molar-refractivity contribution in [1.82, 2.24) is 29.6 Å². The fourth-order valence-corrected chi connectivity index (χ4v) is 1.81. The predicted molar refractivity (Wildman–Crippen MR) is 64.3 cm³/mol. The third kappa shape index (κ3) is 2.71. The molecule has 0 spiro atoms. The van der Waals surface area contributed by atoms with E-state index in [9.17, 15) is 0 Å². The fraction of sp³-hybridized carbons (Fsp3) is 0.545. The SMILES string of the molecule is CC(NCCc1nccn1C)c1nncn1C. The van der Waals surface area contributed by atoms with Crippen molar-refractivity contribution in [3.8, 4) is 0 Å². The summed E-state index contributed by atoms with van der Waals surface area (Å²) in [6, 6.07) is 0.197. The molecule has 0 aliphatic carbocycles. The summed E-state index contributed by atoms with van der Waals surface area (Å²) in [5, 5.41) is 11.4. The molecule has 6 nitrogen and oxygen atoms in total. The third-order valence-corrected chi connectivity index (χ3v) is 2.85. The second-order valence-electron chi connectivity index (χ2n) is 4.18. The van der Waals surface area contributed by atoms with Crippen LogP contribution in [0.4, 0.5) is 0 Å². The molecule has 0 aliphatic rings. The van der Waals surface area contributed by atoms with Crippen molar-refractivity contribution in [3.05, 3.63) is 30.4 Å². The number of imidazole rings is 1. The average molecular weight is 234 g/mol. The van der Waals surface area contributed by atoms with Gasteiger partial charge in [0.2, 0.25) is 0 Å². The van der Waals surface area contributed by atoms with Gasteiger partial charge in [-0.3, -0.25) is 0 Å². The first-order valence-corrected chi connectivity index (χ1v) is 5.72. The van der Waals surface area contributed by atoms with E-state index in [0.717, 1.165) is 24.6 Å². The fourth-order valence-electron chi connectivity index (χ4n) is 1.81. The molecule has 17 heavy (non-hydrogen) atoms. The van der Waals surface area contributed by atoms with Crippen LogP contribution in [0.25, 0.3) is 0 Å². The summed E-state index contributed by atoms with van der Waals surface area (Å²) < 4.78 is 3.97. The minimum atomic E-state index is 0.197. The Bertz CT molecular complexity index is 472. The van der Waals surface area contributed by atoms with Gasteiger partial charge in [-0.2, -0.15) is 0 Å². The molecule has 92 valence electrons. The molecule has 2 aromatic rings. The molecule has 0 aromatic carbocycles. The van der Waals surface area contributed by atoms with Crippen LogP contribution in [-0.2, 0) is 20.5 Å². The predicted octanol–water partition coefficient (Wildman–Crippen LogP) is 0.442. The summed E-state index contributed by atoms with van der Waals surface area (Å²) in [6.45, 7) is 2.96. The number of aryl methyl sites for hydroxylation is 2. The smallest absolute Gasteiger partial charge is 0.149 e. The van der Waals surface area contributed by atoms with Crippen LogP contribution in [0.5, 0.6) is 0 Å². The second kappa shape index (κ2) is 5.09. The van der Waals surface area contributed by atoms with Crippen molar-refractivity contribution in [2.24, 2.45) is 14.1 Å². The van der Waals surface area contributed by atoms with E-state index in [4.69, 9.17) is 0 Å². The van der Waals surface area contributed by atoms with E-state index in [0.29, 0.717) is 0 Å². The largest absolute Gasteiger partial charge is 0.338 e. The van der Waals surface area contributed by atoms with Gasteiger partial charge in [0.1, 0.15) is 18.0 Å². The Morgan fingerprint density at radius 2 is 2.18 bits per heavy atom. The maximum atomic E-state index is 4.28. The van der Waals surface area contributed by atoms with Crippen LogP contribution in [0, 0.1) is 0 Å². The highest BCUT2D eigenvalue weighted by Crippen LogP contribution is 2.06. The molecule has 0 radical (unpaired) electrons. The molecule has 2 heterocycles. The normalized spacial score (nSPS) is 12.9. The first-order chi connectivity index (χ1) is 8.18. The van der Waals surface area contributed by atoms with E-state index in [2.05, 4.69) is 27.4 Å². The van der Waals surface area contributed by atoms with Crippen LogP contribution in [0.1, 0.15) is 24.6 Å². The number of hydrogen-bond acceptors (Lipinski definition) is 4. The van der Waals surface area contributed by atoms with Crippen LogP contribution in [0.2, 0.25) is 0 Å². The van der Waals surface area contributed by atoms with E-state index >= 15 is 0 Å². The van der Waals surface area contributed by atoms with Crippen molar-refractivity contribution in [3.63, 3.8) is 0 Å². The maximum Gasteiger partial charge on any atom is 0.149 e. The van der Waals surface area contributed by atoms with Gasteiger partial charge in [-0.05, 0) is 6.92 Å². The summed E-state index contributed by atoms with van der Waals surface area (Å²) in [5.41, 5.74) is 0. The van der Waals surface area contributed by atoms with Gasteiger partial charge >= 0.3 is 0 Å². The molecule has 0 bridgehead atoms. The van der Waals surface area contributed by atoms with Crippen LogP contribution < -0.4 is 5.32 Å². The number of aromatic nitrogens is 5. The van der Waals surface area contributed by atoms with Gasteiger partial charge in [-0.1, -0.05) is 0 Å². The lowest BCUT2D eigenvalue weighted by atomic mass is 10.3. The second-order valence-corrected chi connectivity index (χ2v) is 4.18. The van der Waals surface area contributed by atoms with Crippen molar-refractivity contribution in [1.29, 1.82) is 0 Å². The number of rotatable bonds is 5. The van der Waals surface area contributed by atoms with Crippen molar-refractivity contribution in [2.45, 2.75) is 19.4 Å².